The first kappa shape index (κ1) is 18.5. The second kappa shape index (κ2) is 7.94. The van der Waals surface area contributed by atoms with Gasteiger partial charge in [0.15, 0.2) is 0 Å². The second-order valence-electron chi connectivity index (χ2n) is 6.64. The van der Waals surface area contributed by atoms with Crippen LogP contribution in [-0.4, -0.2) is 43.3 Å². The molecule has 3 rings (SSSR count). The number of anilines is 1. The fourth-order valence-electron chi connectivity index (χ4n) is 2.91. The summed E-state index contributed by atoms with van der Waals surface area (Å²) in [5.41, 5.74) is 6.14. The molecule has 1 unspecified atom stereocenters. The van der Waals surface area contributed by atoms with Gasteiger partial charge in [-0.05, 0) is 30.3 Å². The van der Waals surface area contributed by atoms with E-state index in [4.69, 9.17) is 4.42 Å². The Balaban J connectivity index is 1.52. The lowest BCUT2D eigenvalue weighted by Crippen LogP contribution is -2.45. The molecule has 1 fully saturated rings. The fourth-order valence-corrected chi connectivity index (χ4v) is 2.91. The van der Waals surface area contributed by atoms with Gasteiger partial charge in [-0.3, -0.25) is 25.2 Å². The number of amides is 3. The van der Waals surface area contributed by atoms with Crippen molar-refractivity contribution in [2.45, 2.75) is 13.0 Å². The third-order valence-corrected chi connectivity index (χ3v) is 4.44. The zero-order valence-corrected chi connectivity index (χ0v) is 15.3. The molecule has 0 spiro atoms. The monoisotopic (exact) mass is 370 g/mol. The van der Waals surface area contributed by atoms with E-state index < -0.39 is 11.8 Å². The number of benzene rings is 1. The SMILES string of the molecule is CN(C)c1cccc(C(=O)NNC(=O)C2CC(=O)N(Cc3ccco3)C2)c1. The number of hydrogen-bond donors (Lipinski definition) is 2. The van der Waals surface area contributed by atoms with Gasteiger partial charge in [-0.25, -0.2) is 0 Å². The Bertz CT molecular complexity index is 832. The van der Waals surface area contributed by atoms with Crippen LogP contribution in [0.15, 0.2) is 47.1 Å². The smallest absolute Gasteiger partial charge is 0.269 e. The molecular weight excluding hydrogens is 348 g/mol. The molecule has 8 nitrogen and oxygen atoms in total. The average Bonchev–Trinajstić information content (AvgIpc) is 3.30. The summed E-state index contributed by atoms with van der Waals surface area (Å²) in [6.07, 6.45) is 1.65. The van der Waals surface area contributed by atoms with Gasteiger partial charge in [0.05, 0.1) is 18.7 Å². The maximum atomic E-state index is 12.3. The Hall–Kier alpha value is -3.29. The van der Waals surface area contributed by atoms with Crippen LogP contribution in [0.4, 0.5) is 5.69 Å². The van der Waals surface area contributed by atoms with Crippen LogP contribution < -0.4 is 15.8 Å². The molecule has 1 atom stereocenters. The molecule has 1 aliphatic rings. The van der Waals surface area contributed by atoms with E-state index in [1.54, 1.807) is 41.5 Å². The predicted octanol–water partition coefficient (Wildman–Crippen LogP) is 1.16. The highest BCUT2D eigenvalue weighted by atomic mass is 16.3. The van der Waals surface area contributed by atoms with Crippen molar-refractivity contribution in [1.29, 1.82) is 0 Å². The van der Waals surface area contributed by atoms with E-state index in [2.05, 4.69) is 10.9 Å². The lowest BCUT2D eigenvalue weighted by molar-refractivity contribution is -0.129. The van der Waals surface area contributed by atoms with E-state index in [9.17, 15) is 14.4 Å². The molecule has 1 aliphatic heterocycles. The molecule has 0 bridgehead atoms. The molecule has 0 aliphatic carbocycles. The van der Waals surface area contributed by atoms with Crippen LogP contribution in [0.25, 0.3) is 0 Å². The molecule has 3 amide bonds. The number of furan rings is 1. The molecule has 1 saturated heterocycles. The van der Waals surface area contributed by atoms with Crippen molar-refractivity contribution in [1.82, 2.24) is 15.8 Å². The first-order valence-corrected chi connectivity index (χ1v) is 8.62. The second-order valence-corrected chi connectivity index (χ2v) is 6.64. The summed E-state index contributed by atoms with van der Waals surface area (Å²) in [5, 5.41) is 0. The Morgan fingerprint density at radius 1 is 1.22 bits per heavy atom. The standard InChI is InChI=1S/C19H22N4O4/c1-22(2)15-6-3-5-13(9-15)18(25)20-21-19(26)14-10-17(24)23(11-14)12-16-7-4-8-27-16/h3-9,14H,10-12H2,1-2H3,(H,20,25)(H,21,26). The Morgan fingerprint density at radius 2 is 2.04 bits per heavy atom. The maximum Gasteiger partial charge on any atom is 0.269 e. The van der Waals surface area contributed by atoms with E-state index in [1.807, 2.05) is 25.1 Å². The summed E-state index contributed by atoms with van der Waals surface area (Å²) >= 11 is 0. The summed E-state index contributed by atoms with van der Waals surface area (Å²) in [6, 6.07) is 10.6. The van der Waals surface area contributed by atoms with Crippen molar-refractivity contribution >= 4 is 23.4 Å². The fraction of sp³-hybridized carbons (Fsp3) is 0.316. The molecule has 2 heterocycles. The number of hydrogen-bond acceptors (Lipinski definition) is 5. The summed E-state index contributed by atoms with van der Waals surface area (Å²) in [4.78, 5) is 40.1. The van der Waals surface area contributed by atoms with E-state index in [0.717, 1.165) is 5.69 Å². The summed E-state index contributed by atoms with van der Waals surface area (Å²) in [7, 11) is 3.76. The number of carbonyl (C=O) groups is 3. The van der Waals surface area contributed by atoms with E-state index >= 15 is 0 Å². The molecule has 27 heavy (non-hydrogen) atoms. The van der Waals surface area contributed by atoms with Gasteiger partial charge in [0.25, 0.3) is 5.91 Å². The highest BCUT2D eigenvalue weighted by Crippen LogP contribution is 2.20. The van der Waals surface area contributed by atoms with Crippen molar-refractivity contribution in [3.63, 3.8) is 0 Å². The van der Waals surface area contributed by atoms with Gasteiger partial charge in [0, 0.05) is 38.3 Å². The van der Waals surface area contributed by atoms with Crippen LogP contribution in [0, 0.1) is 5.92 Å². The zero-order valence-electron chi connectivity index (χ0n) is 15.3. The Kier molecular flexibility index (Phi) is 5.44. The van der Waals surface area contributed by atoms with Gasteiger partial charge in [0.2, 0.25) is 11.8 Å². The van der Waals surface area contributed by atoms with Crippen LogP contribution in [0.2, 0.25) is 0 Å². The summed E-state index contributed by atoms with van der Waals surface area (Å²) in [5.74, 6) is -0.762. The lowest BCUT2D eigenvalue weighted by atomic mass is 10.1. The van der Waals surface area contributed by atoms with Crippen LogP contribution in [0.5, 0.6) is 0 Å². The van der Waals surface area contributed by atoms with Crippen molar-refractivity contribution in [2.75, 3.05) is 25.5 Å². The van der Waals surface area contributed by atoms with Crippen molar-refractivity contribution in [2.24, 2.45) is 5.92 Å². The number of likely N-dealkylation sites (tertiary alicyclic amines) is 1. The normalized spacial score (nSPS) is 16.3. The molecule has 0 saturated carbocycles. The molecule has 2 aromatic rings. The average molecular weight is 370 g/mol. The maximum absolute atomic E-state index is 12.3. The highest BCUT2D eigenvalue weighted by molar-refractivity contribution is 5.97. The number of hydrazine groups is 1. The van der Waals surface area contributed by atoms with Crippen molar-refractivity contribution in [3.05, 3.63) is 54.0 Å². The molecule has 8 heteroatoms. The van der Waals surface area contributed by atoms with Crippen molar-refractivity contribution < 1.29 is 18.8 Å². The molecule has 1 aromatic heterocycles. The van der Waals surface area contributed by atoms with Gasteiger partial charge in [-0.2, -0.15) is 0 Å². The van der Waals surface area contributed by atoms with Crippen LogP contribution >= 0.6 is 0 Å². The minimum atomic E-state index is -0.513. The quantitative estimate of drug-likeness (QED) is 0.770. The first-order chi connectivity index (χ1) is 12.9. The minimum absolute atomic E-state index is 0.110. The van der Waals surface area contributed by atoms with Gasteiger partial charge < -0.3 is 14.2 Å². The van der Waals surface area contributed by atoms with E-state index in [1.165, 1.54) is 0 Å². The van der Waals surface area contributed by atoms with Crippen LogP contribution in [-0.2, 0) is 16.1 Å². The molecule has 2 N–H and O–H groups in total. The Labute approximate surface area is 157 Å². The summed E-state index contributed by atoms with van der Waals surface area (Å²) < 4.78 is 5.24. The highest BCUT2D eigenvalue weighted by Gasteiger charge is 2.34. The molecule has 142 valence electrons. The number of carbonyl (C=O) groups excluding carboxylic acids is 3. The van der Waals surface area contributed by atoms with Gasteiger partial charge in [-0.15, -0.1) is 0 Å². The third-order valence-electron chi connectivity index (χ3n) is 4.44. The van der Waals surface area contributed by atoms with Crippen molar-refractivity contribution in [3.8, 4) is 0 Å². The predicted molar refractivity (Wildman–Crippen MR) is 98.6 cm³/mol. The molecule has 0 radical (unpaired) electrons. The van der Waals surface area contributed by atoms with Crippen LogP contribution in [0.3, 0.4) is 0 Å². The number of rotatable bonds is 5. The van der Waals surface area contributed by atoms with Crippen LogP contribution in [0.1, 0.15) is 22.5 Å². The van der Waals surface area contributed by atoms with Gasteiger partial charge in [0.1, 0.15) is 5.76 Å². The minimum Gasteiger partial charge on any atom is -0.467 e. The number of nitrogens with one attached hydrogen (secondary N) is 2. The summed E-state index contributed by atoms with van der Waals surface area (Å²) in [6.45, 7) is 0.622. The first-order valence-electron chi connectivity index (χ1n) is 8.62. The topological polar surface area (TPSA) is 94.9 Å². The lowest BCUT2D eigenvalue weighted by Gasteiger charge is -2.16. The largest absolute Gasteiger partial charge is 0.467 e. The Morgan fingerprint density at radius 3 is 2.74 bits per heavy atom. The number of nitrogens with zero attached hydrogens (tertiary/aromatic N) is 2. The molecule has 1 aromatic carbocycles. The van der Waals surface area contributed by atoms with Gasteiger partial charge >= 0.3 is 0 Å². The van der Waals surface area contributed by atoms with E-state index in [-0.39, 0.29) is 24.8 Å². The van der Waals surface area contributed by atoms with E-state index in [0.29, 0.717) is 17.9 Å². The third kappa shape index (κ3) is 4.46. The molecular formula is C19H22N4O4. The zero-order chi connectivity index (χ0) is 19.4. The van der Waals surface area contributed by atoms with Gasteiger partial charge in [-0.1, -0.05) is 6.07 Å².